The van der Waals surface area contributed by atoms with Crippen molar-refractivity contribution in [3.63, 3.8) is 0 Å². The van der Waals surface area contributed by atoms with E-state index < -0.39 is 6.10 Å². The van der Waals surface area contributed by atoms with Crippen molar-refractivity contribution in [3.05, 3.63) is 53.8 Å². The maximum Gasteiger partial charge on any atom is 0.224 e. The number of anilines is 1. The molecule has 1 aliphatic rings. The summed E-state index contributed by atoms with van der Waals surface area (Å²) >= 11 is 0. The van der Waals surface area contributed by atoms with E-state index in [1.165, 1.54) is 24.3 Å². The molecule has 126 valence electrons. The zero-order valence-corrected chi connectivity index (χ0v) is 13.0. The third-order valence-corrected chi connectivity index (χ3v) is 3.68. The molecule has 0 aliphatic carbocycles. The van der Waals surface area contributed by atoms with Crippen molar-refractivity contribution in [2.24, 2.45) is 0 Å². The minimum Gasteiger partial charge on any atom is -0.491 e. The largest absolute Gasteiger partial charge is 0.491 e. The molecular formula is C18H18FNO4. The predicted molar refractivity (Wildman–Crippen MR) is 86.8 cm³/mol. The maximum absolute atomic E-state index is 12.8. The highest BCUT2D eigenvalue weighted by atomic mass is 19.1. The third kappa shape index (κ3) is 4.23. The van der Waals surface area contributed by atoms with Crippen LogP contribution >= 0.6 is 0 Å². The van der Waals surface area contributed by atoms with E-state index in [1.807, 2.05) is 12.1 Å². The second kappa shape index (κ2) is 7.31. The second-order valence-electron chi connectivity index (χ2n) is 5.60. The van der Waals surface area contributed by atoms with E-state index in [4.69, 9.17) is 9.47 Å². The van der Waals surface area contributed by atoms with Crippen LogP contribution in [0.15, 0.2) is 42.5 Å². The van der Waals surface area contributed by atoms with Crippen LogP contribution in [0.25, 0.3) is 0 Å². The molecule has 1 aliphatic heterocycles. The summed E-state index contributed by atoms with van der Waals surface area (Å²) < 4.78 is 23.7. The lowest BCUT2D eigenvalue weighted by molar-refractivity contribution is -0.116. The van der Waals surface area contributed by atoms with Crippen molar-refractivity contribution < 1.29 is 23.8 Å². The van der Waals surface area contributed by atoms with Crippen molar-refractivity contribution in [1.29, 1.82) is 0 Å². The lowest BCUT2D eigenvalue weighted by Gasteiger charge is -2.18. The number of carbonyl (C=O) groups is 1. The Morgan fingerprint density at radius 2 is 1.71 bits per heavy atom. The molecule has 5 nitrogen and oxygen atoms in total. The van der Waals surface area contributed by atoms with Gasteiger partial charge >= 0.3 is 0 Å². The number of amides is 1. The number of benzene rings is 2. The van der Waals surface area contributed by atoms with Gasteiger partial charge in [-0.05, 0) is 42.3 Å². The van der Waals surface area contributed by atoms with Crippen LogP contribution in [-0.2, 0) is 11.2 Å². The van der Waals surface area contributed by atoms with Gasteiger partial charge in [0.1, 0.15) is 36.6 Å². The number of nitrogens with one attached hydrogen (secondary N) is 1. The van der Waals surface area contributed by atoms with Gasteiger partial charge in [-0.1, -0.05) is 6.07 Å². The number of aliphatic hydroxyl groups excluding tert-OH is 1. The first kappa shape index (κ1) is 16.3. The molecule has 0 spiro atoms. The fraction of sp³-hybridized carbons (Fsp3) is 0.278. The number of aliphatic hydroxyl groups is 1. The van der Waals surface area contributed by atoms with E-state index in [0.29, 0.717) is 17.9 Å². The molecule has 0 saturated carbocycles. The van der Waals surface area contributed by atoms with Gasteiger partial charge in [-0.25, -0.2) is 4.39 Å². The Morgan fingerprint density at radius 1 is 1.04 bits per heavy atom. The van der Waals surface area contributed by atoms with Gasteiger partial charge in [-0.15, -0.1) is 0 Å². The van der Waals surface area contributed by atoms with Gasteiger partial charge in [0.2, 0.25) is 5.91 Å². The van der Waals surface area contributed by atoms with E-state index in [9.17, 15) is 14.3 Å². The molecule has 0 bridgehead atoms. The quantitative estimate of drug-likeness (QED) is 0.853. The first-order valence-electron chi connectivity index (χ1n) is 7.72. The second-order valence-corrected chi connectivity index (χ2v) is 5.60. The molecule has 0 aromatic heterocycles. The summed E-state index contributed by atoms with van der Waals surface area (Å²) in [7, 11) is 0. The Morgan fingerprint density at radius 3 is 2.46 bits per heavy atom. The molecule has 2 N–H and O–H groups in total. The molecule has 1 heterocycles. The van der Waals surface area contributed by atoms with Gasteiger partial charge in [-0.2, -0.15) is 0 Å². The molecule has 1 amide bonds. The Labute approximate surface area is 139 Å². The van der Waals surface area contributed by atoms with E-state index in [-0.39, 0.29) is 24.9 Å². The van der Waals surface area contributed by atoms with Gasteiger partial charge in [0.25, 0.3) is 0 Å². The average molecular weight is 331 g/mol. The summed E-state index contributed by atoms with van der Waals surface area (Å²) in [5.74, 6) is 0.696. The standard InChI is InChI=1S/C18H18FNO4/c19-13-3-6-15(7-4-13)23-10-14(21)11-24-16-5-1-12-2-8-18(22)20-17(12)9-16/h1,3-7,9,14,21H,2,8,10-11H2,(H,20,22)/t14-/m1/s1. The Balaban J connectivity index is 1.49. The maximum atomic E-state index is 12.8. The molecule has 24 heavy (non-hydrogen) atoms. The van der Waals surface area contributed by atoms with E-state index >= 15 is 0 Å². The fourth-order valence-corrected chi connectivity index (χ4v) is 2.40. The Kier molecular flexibility index (Phi) is 4.96. The van der Waals surface area contributed by atoms with Crippen molar-refractivity contribution in [2.75, 3.05) is 18.5 Å². The van der Waals surface area contributed by atoms with E-state index in [0.717, 1.165) is 17.7 Å². The first-order valence-corrected chi connectivity index (χ1v) is 7.72. The highest BCUT2D eigenvalue weighted by molar-refractivity contribution is 5.94. The Bertz CT molecular complexity index is 717. The number of halogens is 1. The SMILES string of the molecule is O=C1CCc2ccc(OC[C@H](O)COc3ccc(F)cc3)cc2N1. The predicted octanol–water partition coefficient (Wildman–Crippen LogP) is 2.53. The number of carbonyl (C=O) groups excluding carboxylic acids is 1. The molecule has 6 heteroatoms. The summed E-state index contributed by atoms with van der Waals surface area (Å²) in [5.41, 5.74) is 1.82. The smallest absolute Gasteiger partial charge is 0.224 e. The van der Waals surface area contributed by atoms with Gasteiger partial charge in [-0.3, -0.25) is 4.79 Å². The molecule has 2 aromatic rings. The summed E-state index contributed by atoms with van der Waals surface area (Å²) in [5, 5.41) is 12.7. The average Bonchev–Trinajstić information content (AvgIpc) is 2.59. The molecule has 2 aromatic carbocycles. The van der Waals surface area contributed by atoms with Crippen LogP contribution in [-0.4, -0.2) is 30.3 Å². The summed E-state index contributed by atoms with van der Waals surface area (Å²) in [6.07, 6.45) is 0.378. The molecule has 0 saturated heterocycles. The topological polar surface area (TPSA) is 67.8 Å². The number of fused-ring (bicyclic) bond motifs is 1. The van der Waals surface area contributed by atoms with Crippen molar-refractivity contribution in [2.45, 2.75) is 18.9 Å². The van der Waals surface area contributed by atoms with Crippen LogP contribution in [0.2, 0.25) is 0 Å². The number of rotatable bonds is 6. The lowest BCUT2D eigenvalue weighted by Crippen LogP contribution is -2.25. The monoisotopic (exact) mass is 331 g/mol. The number of aryl methyl sites for hydroxylation is 1. The Hall–Kier alpha value is -2.60. The summed E-state index contributed by atoms with van der Waals surface area (Å²) in [6, 6.07) is 11.0. The highest BCUT2D eigenvalue weighted by Gasteiger charge is 2.15. The van der Waals surface area contributed by atoms with Crippen LogP contribution < -0.4 is 14.8 Å². The molecule has 3 rings (SSSR count). The summed E-state index contributed by atoms with van der Waals surface area (Å²) in [6.45, 7) is 0.0846. The van der Waals surface area contributed by atoms with Gasteiger partial charge in [0.05, 0.1) is 0 Å². The minimum atomic E-state index is -0.833. The number of hydrogen-bond acceptors (Lipinski definition) is 4. The lowest BCUT2D eigenvalue weighted by atomic mass is 10.0. The number of ether oxygens (including phenoxy) is 2. The molecule has 1 atom stereocenters. The van der Waals surface area contributed by atoms with Crippen LogP contribution in [0.4, 0.5) is 10.1 Å². The highest BCUT2D eigenvalue weighted by Crippen LogP contribution is 2.27. The van der Waals surface area contributed by atoms with Gasteiger partial charge in [0, 0.05) is 18.2 Å². The molecule has 0 fully saturated rings. The minimum absolute atomic E-state index is 0.00705. The van der Waals surface area contributed by atoms with Crippen molar-refractivity contribution in [1.82, 2.24) is 0 Å². The van der Waals surface area contributed by atoms with Gasteiger partial charge in [0.15, 0.2) is 0 Å². The van der Waals surface area contributed by atoms with Gasteiger partial charge < -0.3 is 19.9 Å². The number of hydrogen-bond donors (Lipinski definition) is 2. The molecule has 0 unspecified atom stereocenters. The first-order chi connectivity index (χ1) is 11.6. The molecular weight excluding hydrogens is 313 g/mol. The molecule has 0 radical (unpaired) electrons. The van der Waals surface area contributed by atoms with Crippen LogP contribution in [0.1, 0.15) is 12.0 Å². The third-order valence-electron chi connectivity index (χ3n) is 3.68. The van der Waals surface area contributed by atoms with E-state index in [1.54, 1.807) is 6.07 Å². The van der Waals surface area contributed by atoms with Crippen molar-refractivity contribution >= 4 is 11.6 Å². The van der Waals surface area contributed by atoms with Crippen LogP contribution in [0, 0.1) is 5.82 Å². The van der Waals surface area contributed by atoms with Crippen molar-refractivity contribution in [3.8, 4) is 11.5 Å². The summed E-state index contributed by atoms with van der Waals surface area (Å²) in [4.78, 5) is 11.4. The zero-order valence-electron chi connectivity index (χ0n) is 13.0. The van der Waals surface area contributed by atoms with E-state index in [2.05, 4.69) is 5.32 Å². The fourth-order valence-electron chi connectivity index (χ4n) is 2.40. The normalized spacial score (nSPS) is 14.5. The van der Waals surface area contributed by atoms with Crippen LogP contribution in [0.5, 0.6) is 11.5 Å². The van der Waals surface area contributed by atoms with Crippen LogP contribution in [0.3, 0.4) is 0 Å². The zero-order chi connectivity index (χ0) is 16.9.